The molecule has 20 heavy (non-hydrogen) atoms. The minimum atomic E-state index is 0. The van der Waals surface area contributed by atoms with E-state index in [1.807, 2.05) is 12.1 Å². The Morgan fingerprint density at radius 3 is 2.40 bits per heavy atom. The molecule has 0 radical (unpaired) electrons. The first-order valence-electron chi connectivity index (χ1n) is 6.70. The number of nitrogens with one attached hydrogen (secondary N) is 1. The average molecular weight is 391 g/mol. The topological polar surface area (TPSA) is 59.6 Å². The number of aliphatic imine (C=N–C) groups is 1. The second-order valence-electron chi connectivity index (χ2n) is 5.24. The van der Waals surface area contributed by atoms with Crippen molar-refractivity contribution >= 4 is 35.6 Å². The highest BCUT2D eigenvalue weighted by Crippen LogP contribution is 2.13. The van der Waals surface area contributed by atoms with Crippen molar-refractivity contribution in [2.75, 3.05) is 25.1 Å². The Hall–Kier alpha value is -0.820. The van der Waals surface area contributed by atoms with Gasteiger partial charge in [-0.05, 0) is 43.0 Å². The highest BCUT2D eigenvalue weighted by molar-refractivity contribution is 14.0. The zero-order chi connectivity index (χ0) is 14.3. The van der Waals surface area contributed by atoms with E-state index in [9.17, 15) is 0 Å². The van der Waals surface area contributed by atoms with Crippen molar-refractivity contribution in [2.24, 2.45) is 16.6 Å². The molecule has 0 aliphatic heterocycles. The summed E-state index contributed by atoms with van der Waals surface area (Å²) in [5, 5.41) is 3.10. The molecule has 5 heteroatoms. The lowest BCUT2D eigenvalue weighted by Crippen LogP contribution is -2.23. The molecule has 0 aromatic heterocycles. The molecule has 1 aromatic rings. The third-order valence-electron chi connectivity index (χ3n) is 2.46. The van der Waals surface area contributed by atoms with E-state index < -0.39 is 0 Å². The predicted octanol–water partition coefficient (Wildman–Crippen LogP) is 3.32. The highest BCUT2D eigenvalue weighted by atomic mass is 127. The molecule has 0 spiro atoms. The van der Waals surface area contributed by atoms with E-state index in [4.69, 9.17) is 10.5 Å². The SMILES string of the molecule is Cc1cc(C)cc(NC(N)=NCCOCC(C)C)c1.I. The zero-order valence-corrected chi connectivity index (χ0v) is 15.1. The molecule has 0 amide bonds. The molecule has 3 N–H and O–H groups in total. The molecule has 0 aliphatic rings. The van der Waals surface area contributed by atoms with Crippen molar-refractivity contribution in [3.63, 3.8) is 0 Å². The van der Waals surface area contributed by atoms with Crippen LogP contribution in [-0.4, -0.2) is 25.7 Å². The molecule has 0 unspecified atom stereocenters. The fourth-order valence-corrected chi connectivity index (χ4v) is 1.78. The molecular formula is C15H26IN3O. The highest BCUT2D eigenvalue weighted by Gasteiger charge is 1.98. The Kier molecular flexibility index (Phi) is 9.58. The van der Waals surface area contributed by atoms with Gasteiger partial charge in [-0.3, -0.25) is 4.99 Å². The quantitative estimate of drug-likeness (QED) is 0.339. The predicted molar refractivity (Wildman–Crippen MR) is 97.1 cm³/mol. The summed E-state index contributed by atoms with van der Waals surface area (Å²) in [6.45, 7) is 10.3. The molecule has 0 aliphatic carbocycles. The standard InChI is InChI=1S/C15H25N3O.HI/c1-11(2)10-19-6-5-17-15(16)18-14-8-12(3)7-13(4)9-14;/h7-9,11H,5-6,10H2,1-4H3,(H3,16,17,18);1H. The van der Waals surface area contributed by atoms with E-state index in [2.05, 4.69) is 44.1 Å². The summed E-state index contributed by atoms with van der Waals surface area (Å²) in [4.78, 5) is 4.23. The third-order valence-corrected chi connectivity index (χ3v) is 2.46. The number of ether oxygens (including phenoxy) is 1. The zero-order valence-electron chi connectivity index (χ0n) is 12.8. The summed E-state index contributed by atoms with van der Waals surface area (Å²) in [7, 11) is 0. The summed E-state index contributed by atoms with van der Waals surface area (Å²) in [6, 6.07) is 6.22. The Bertz CT molecular complexity index is 413. The number of nitrogens with two attached hydrogens (primary N) is 1. The molecule has 4 nitrogen and oxygen atoms in total. The molecule has 0 atom stereocenters. The van der Waals surface area contributed by atoms with E-state index >= 15 is 0 Å². The van der Waals surface area contributed by atoms with Crippen LogP contribution in [-0.2, 0) is 4.74 Å². The molecule has 0 bridgehead atoms. The monoisotopic (exact) mass is 391 g/mol. The Morgan fingerprint density at radius 1 is 1.25 bits per heavy atom. The van der Waals surface area contributed by atoms with Crippen LogP contribution in [0, 0.1) is 19.8 Å². The minimum Gasteiger partial charge on any atom is -0.379 e. The van der Waals surface area contributed by atoms with Gasteiger partial charge in [-0.15, -0.1) is 24.0 Å². The number of rotatable bonds is 6. The second-order valence-corrected chi connectivity index (χ2v) is 5.24. The van der Waals surface area contributed by atoms with Gasteiger partial charge in [-0.25, -0.2) is 0 Å². The summed E-state index contributed by atoms with van der Waals surface area (Å²) < 4.78 is 5.44. The smallest absolute Gasteiger partial charge is 0.193 e. The molecular weight excluding hydrogens is 365 g/mol. The van der Waals surface area contributed by atoms with E-state index in [1.165, 1.54) is 11.1 Å². The lowest BCUT2D eigenvalue weighted by atomic mass is 10.1. The average Bonchev–Trinajstić information content (AvgIpc) is 2.26. The van der Waals surface area contributed by atoms with Crippen molar-refractivity contribution in [3.8, 4) is 0 Å². The van der Waals surface area contributed by atoms with Crippen LogP contribution in [0.3, 0.4) is 0 Å². The van der Waals surface area contributed by atoms with Gasteiger partial charge < -0.3 is 15.8 Å². The van der Waals surface area contributed by atoms with Gasteiger partial charge in [-0.1, -0.05) is 19.9 Å². The largest absolute Gasteiger partial charge is 0.379 e. The molecule has 0 saturated heterocycles. The van der Waals surface area contributed by atoms with Crippen molar-refractivity contribution in [1.29, 1.82) is 0 Å². The first kappa shape index (κ1) is 19.2. The maximum atomic E-state index is 5.83. The summed E-state index contributed by atoms with van der Waals surface area (Å²) in [6.07, 6.45) is 0. The van der Waals surface area contributed by atoms with Crippen molar-refractivity contribution in [3.05, 3.63) is 29.3 Å². The van der Waals surface area contributed by atoms with E-state index in [0.717, 1.165) is 12.3 Å². The lowest BCUT2D eigenvalue weighted by molar-refractivity contribution is 0.117. The van der Waals surface area contributed by atoms with Crippen LogP contribution < -0.4 is 11.1 Å². The van der Waals surface area contributed by atoms with Gasteiger partial charge in [0.15, 0.2) is 5.96 Å². The normalized spacial score (nSPS) is 11.3. The fourth-order valence-electron chi connectivity index (χ4n) is 1.78. The summed E-state index contributed by atoms with van der Waals surface area (Å²) in [5.74, 6) is 0.980. The van der Waals surface area contributed by atoms with Crippen molar-refractivity contribution < 1.29 is 4.74 Å². The van der Waals surface area contributed by atoms with Gasteiger partial charge in [0.25, 0.3) is 0 Å². The Morgan fingerprint density at radius 2 is 1.85 bits per heavy atom. The number of hydrogen-bond donors (Lipinski definition) is 2. The first-order valence-corrected chi connectivity index (χ1v) is 6.70. The number of aryl methyl sites for hydroxylation is 2. The van der Waals surface area contributed by atoms with E-state index in [1.54, 1.807) is 0 Å². The molecule has 114 valence electrons. The number of benzene rings is 1. The van der Waals surface area contributed by atoms with Gasteiger partial charge >= 0.3 is 0 Å². The first-order chi connectivity index (χ1) is 8.97. The van der Waals surface area contributed by atoms with Crippen LogP contribution in [0.2, 0.25) is 0 Å². The van der Waals surface area contributed by atoms with Crippen LogP contribution in [0.5, 0.6) is 0 Å². The maximum Gasteiger partial charge on any atom is 0.193 e. The Balaban J connectivity index is 0.00000361. The lowest BCUT2D eigenvalue weighted by Gasteiger charge is -2.08. The second kappa shape index (κ2) is 9.99. The summed E-state index contributed by atoms with van der Waals surface area (Å²) >= 11 is 0. The number of guanidine groups is 1. The molecule has 0 heterocycles. The van der Waals surface area contributed by atoms with Crippen molar-refractivity contribution in [1.82, 2.24) is 0 Å². The van der Waals surface area contributed by atoms with Crippen LogP contribution in [0.1, 0.15) is 25.0 Å². The Labute approximate surface area is 139 Å². The number of halogens is 1. The van der Waals surface area contributed by atoms with Crippen LogP contribution in [0.4, 0.5) is 5.69 Å². The molecule has 1 aromatic carbocycles. The summed E-state index contributed by atoms with van der Waals surface area (Å²) in [5.41, 5.74) is 9.21. The van der Waals surface area contributed by atoms with Gasteiger partial charge in [-0.2, -0.15) is 0 Å². The van der Waals surface area contributed by atoms with Crippen LogP contribution in [0.15, 0.2) is 23.2 Å². The number of nitrogens with zero attached hydrogens (tertiary/aromatic N) is 1. The minimum absolute atomic E-state index is 0. The molecule has 0 saturated carbocycles. The fraction of sp³-hybridized carbons (Fsp3) is 0.533. The maximum absolute atomic E-state index is 5.83. The molecule has 0 fully saturated rings. The molecule has 1 rings (SSSR count). The number of anilines is 1. The third kappa shape index (κ3) is 8.37. The van der Waals surface area contributed by atoms with Gasteiger partial charge in [0, 0.05) is 12.3 Å². The van der Waals surface area contributed by atoms with Crippen molar-refractivity contribution in [2.45, 2.75) is 27.7 Å². The van der Waals surface area contributed by atoms with E-state index in [-0.39, 0.29) is 24.0 Å². The van der Waals surface area contributed by atoms with Crippen LogP contribution in [0.25, 0.3) is 0 Å². The van der Waals surface area contributed by atoms with Gasteiger partial charge in [0.05, 0.1) is 13.2 Å². The van der Waals surface area contributed by atoms with Gasteiger partial charge in [0.2, 0.25) is 0 Å². The van der Waals surface area contributed by atoms with Gasteiger partial charge in [0.1, 0.15) is 0 Å². The van der Waals surface area contributed by atoms with Crippen LogP contribution >= 0.6 is 24.0 Å². The number of hydrogen-bond acceptors (Lipinski definition) is 2. The van der Waals surface area contributed by atoms with E-state index in [0.29, 0.717) is 25.0 Å².